The SMILES string of the molecule is COc1ccc(CN2CCC[C@H]([C@@H](NC(C)=O)c3nccs3)C2)c(C)c1C. The van der Waals surface area contributed by atoms with Gasteiger partial charge >= 0.3 is 0 Å². The number of hydrogen-bond acceptors (Lipinski definition) is 5. The van der Waals surface area contributed by atoms with Crippen molar-refractivity contribution in [2.45, 2.75) is 46.2 Å². The highest BCUT2D eigenvalue weighted by Crippen LogP contribution is 2.32. The van der Waals surface area contributed by atoms with Gasteiger partial charge in [0.25, 0.3) is 0 Å². The van der Waals surface area contributed by atoms with Crippen LogP contribution in [0, 0.1) is 19.8 Å². The minimum atomic E-state index is 0.00370. The molecule has 0 saturated carbocycles. The Hall–Kier alpha value is -1.92. The topological polar surface area (TPSA) is 54.5 Å². The average Bonchev–Trinajstić information content (AvgIpc) is 3.18. The summed E-state index contributed by atoms with van der Waals surface area (Å²) in [5, 5.41) is 6.13. The van der Waals surface area contributed by atoms with Gasteiger partial charge < -0.3 is 10.1 Å². The van der Waals surface area contributed by atoms with Gasteiger partial charge in [-0.15, -0.1) is 11.3 Å². The molecule has 1 fully saturated rings. The molecule has 1 aromatic carbocycles. The molecule has 1 N–H and O–H groups in total. The fraction of sp³-hybridized carbons (Fsp3) is 0.524. The number of rotatable bonds is 6. The third kappa shape index (κ3) is 4.68. The first kappa shape index (κ1) is 19.8. The van der Waals surface area contributed by atoms with Gasteiger partial charge in [0.15, 0.2) is 0 Å². The maximum atomic E-state index is 11.7. The molecular weight excluding hydrogens is 358 g/mol. The molecule has 0 bridgehead atoms. The van der Waals surface area contributed by atoms with Gasteiger partial charge in [0, 0.05) is 31.6 Å². The number of piperidine rings is 1. The first-order valence-corrected chi connectivity index (χ1v) is 10.4. The van der Waals surface area contributed by atoms with Crippen LogP contribution < -0.4 is 10.1 Å². The van der Waals surface area contributed by atoms with Crippen LogP contribution in [0.15, 0.2) is 23.7 Å². The van der Waals surface area contributed by atoms with Crippen molar-refractivity contribution < 1.29 is 9.53 Å². The third-order valence-corrected chi connectivity index (χ3v) is 6.41. The average molecular weight is 388 g/mol. The molecule has 1 aromatic heterocycles. The predicted octanol–water partition coefficient (Wildman–Crippen LogP) is 3.86. The molecule has 5 nitrogen and oxygen atoms in total. The van der Waals surface area contributed by atoms with E-state index in [1.165, 1.54) is 16.7 Å². The Kier molecular flexibility index (Phi) is 6.50. The fourth-order valence-electron chi connectivity index (χ4n) is 3.98. The number of nitrogens with one attached hydrogen (secondary N) is 1. The lowest BCUT2D eigenvalue weighted by molar-refractivity contribution is -0.120. The van der Waals surface area contributed by atoms with Crippen molar-refractivity contribution in [2.24, 2.45) is 5.92 Å². The Balaban J connectivity index is 1.74. The predicted molar refractivity (Wildman–Crippen MR) is 109 cm³/mol. The summed E-state index contributed by atoms with van der Waals surface area (Å²) >= 11 is 1.62. The summed E-state index contributed by atoms with van der Waals surface area (Å²) in [6, 6.07) is 4.25. The van der Waals surface area contributed by atoms with E-state index < -0.39 is 0 Å². The van der Waals surface area contributed by atoms with Gasteiger partial charge in [0.2, 0.25) is 5.91 Å². The highest BCUT2D eigenvalue weighted by atomic mass is 32.1. The number of carbonyl (C=O) groups excluding carboxylic acids is 1. The van der Waals surface area contributed by atoms with Crippen molar-refractivity contribution in [1.82, 2.24) is 15.2 Å². The van der Waals surface area contributed by atoms with E-state index in [4.69, 9.17) is 4.74 Å². The maximum absolute atomic E-state index is 11.7. The van der Waals surface area contributed by atoms with Crippen molar-refractivity contribution >= 4 is 17.2 Å². The molecule has 2 atom stereocenters. The largest absolute Gasteiger partial charge is 0.496 e. The minimum Gasteiger partial charge on any atom is -0.496 e. The van der Waals surface area contributed by atoms with E-state index in [2.05, 4.69) is 41.2 Å². The minimum absolute atomic E-state index is 0.00370. The second kappa shape index (κ2) is 8.85. The molecule has 27 heavy (non-hydrogen) atoms. The first-order valence-electron chi connectivity index (χ1n) is 9.51. The summed E-state index contributed by atoms with van der Waals surface area (Å²) in [5.41, 5.74) is 3.86. The number of ether oxygens (including phenoxy) is 1. The second-order valence-electron chi connectivity index (χ2n) is 7.36. The molecule has 1 aliphatic heterocycles. The molecule has 0 aliphatic carbocycles. The number of carbonyl (C=O) groups is 1. The molecule has 1 aliphatic rings. The summed E-state index contributed by atoms with van der Waals surface area (Å²) in [5.74, 6) is 1.34. The normalized spacial score (nSPS) is 18.9. The quantitative estimate of drug-likeness (QED) is 0.818. The van der Waals surface area contributed by atoms with E-state index in [-0.39, 0.29) is 11.9 Å². The number of likely N-dealkylation sites (tertiary alicyclic amines) is 1. The molecule has 0 unspecified atom stereocenters. The molecule has 1 amide bonds. The lowest BCUT2D eigenvalue weighted by Crippen LogP contribution is -2.42. The van der Waals surface area contributed by atoms with Crippen LogP contribution in [0.3, 0.4) is 0 Å². The van der Waals surface area contributed by atoms with E-state index >= 15 is 0 Å². The standard InChI is InChI=1S/C21H29N3O2S/c1-14-15(2)19(26-4)8-7-17(14)12-24-10-5-6-18(13-24)20(23-16(3)25)21-22-9-11-27-21/h7-9,11,18,20H,5-6,10,12-13H2,1-4H3,(H,23,25)/t18-,20+/m0/s1. The number of benzene rings is 1. The molecular formula is C21H29N3O2S. The number of nitrogens with zero attached hydrogens (tertiary/aromatic N) is 2. The smallest absolute Gasteiger partial charge is 0.217 e. The van der Waals surface area contributed by atoms with Crippen LogP contribution >= 0.6 is 11.3 Å². The molecule has 2 heterocycles. The monoisotopic (exact) mass is 387 g/mol. The van der Waals surface area contributed by atoms with E-state index in [1.807, 2.05) is 11.6 Å². The molecule has 3 rings (SSSR count). The summed E-state index contributed by atoms with van der Waals surface area (Å²) in [6.07, 6.45) is 4.07. The van der Waals surface area contributed by atoms with E-state index in [0.29, 0.717) is 5.92 Å². The van der Waals surface area contributed by atoms with Crippen LogP contribution in [-0.2, 0) is 11.3 Å². The zero-order valence-electron chi connectivity index (χ0n) is 16.6. The van der Waals surface area contributed by atoms with Gasteiger partial charge in [0.05, 0.1) is 13.2 Å². The Morgan fingerprint density at radius 2 is 2.22 bits per heavy atom. The summed E-state index contributed by atoms with van der Waals surface area (Å²) in [7, 11) is 1.72. The zero-order valence-corrected chi connectivity index (χ0v) is 17.4. The van der Waals surface area contributed by atoms with Crippen molar-refractivity contribution in [3.63, 3.8) is 0 Å². The van der Waals surface area contributed by atoms with Crippen LogP contribution in [0.4, 0.5) is 0 Å². The van der Waals surface area contributed by atoms with E-state index in [9.17, 15) is 4.79 Å². The van der Waals surface area contributed by atoms with Gasteiger partial charge in [-0.05, 0) is 61.9 Å². The first-order chi connectivity index (χ1) is 13.0. The van der Waals surface area contributed by atoms with Gasteiger partial charge in [-0.1, -0.05) is 6.07 Å². The van der Waals surface area contributed by atoms with Crippen molar-refractivity contribution in [1.29, 1.82) is 0 Å². The number of methoxy groups -OCH3 is 1. The van der Waals surface area contributed by atoms with Crippen molar-refractivity contribution in [2.75, 3.05) is 20.2 Å². The summed E-state index contributed by atoms with van der Waals surface area (Å²) in [4.78, 5) is 18.7. The summed E-state index contributed by atoms with van der Waals surface area (Å²) in [6.45, 7) is 8.86. The van der Waals surface area contributed by atoms with Crippen LogP contribution in [0.2, 0.25) is 0 Å². The molecule has 2 aromatic rings. The van der Waals surface area contributed by atoms with Crippen molar-refractivity contribution in [3.05, 3.63) is 45.4 Å². The van der Waals surface area contributed by atoms with Crippen LogP contribution in [0.5, 0.6) is 5.75 Å². The van der Waals surface area contributed by atoms with E-state index in [0.717, 1.165) is 43.2 Å². The Bertz CT molecular complexity index is 776. The lowest BCUT2D eigenvalue weighted by atomic mass is 9.90. The highest BCUT2D eigenvalue weighted by Gasteiger charge is 2.30. The number of thiazole rings is 1. The summed E-state index contributed by atoms with van der Waals surface area (Å²) < 4.78 is 5.44. The van der Waals surface area contributed by atoms with Crippen LogP contribution in [0.1, 0.15) is 47.5 Å². The van der Waals surface area contributed by atoms with Crippen LogP contribution in [0.25, 0.3) is 0 Å². The second-order valence-corrected chi connectivity index (χ2v) is 8.29. The Morgan fingerprint density at radius 1 is 1.41 bits per heavy atom. The Morgan fingerprint density at radius 3 is 2.89 bits per heavy atom. The lowest BCUT2D eigenvalue weighted by Gasteiger charge is -2.36. The van der Waals surface area contributed by atoms with Gasteiger partial charge in [-0.2, -0.15) is 0 Å². The van der Waals surface area contributed by atoms with Gasteiger partial charge in [-0.3, -0.25) is 9.69 Å². The van der Waals surface area contributed by atoms with Crippen LogP contribution in [-0.4, -0.2) is 36.0 Å². The zero-order chi connectivity index (χ0) is 19.4. The molecule has 146 valence electrons. The molecule has 1 saturated heterocycles. The van der Waals surface area contributed by atoms with Gasteiger partial charge in [0.1, 0.15) is 10.8 Å². The number of hydrogen-bond donors (Lipinski definition) is 1. The maximum Gasteiger partial charge on any atom is 0.217 e. The molecule has 6 heteroatoms. The van der Waals surface area contributed by atoms with E-state index in [1.54, 1.807) is 25.4 Å². The number of aromatic nitrogens is 1. The Labute approximate surface area is 165 Å². The third-order valence-electron chi connectivity index (χ3n) is 5.55. The number of amides is 1. The molecule has 0 radical (unpaired) electrons. The van der Waals surface area contributed by atoms with Gasteiger partial charge in [-0.25, -0.2) is 4.98 Å². The van der Waals surface area contributed by atoms with Crippen molar-refractivity contribution in [3.8, 4) is 5.75 Å². The molecule has 0 spiro atoms. The fourth-order valence-corrected chi connectivity index (χ4v) is 4.76. The highest BCUT2D eigenvalue weighted by molar-refractivity contribution is 7.09.